The van der Waals surface area contributed by atoms with E-state index in [2.05, 4.69) is 58.4 Å². The average molecular weight is 311 g/mol. The molecule has 4 heteroatoms. The molecule has 0 spiro atoms. The molecule has 1 rings (SSSR count). The number of rotatable bonds is 7. The smallest absolute Gasteiger partial charge is 0.125 e. The fourth-order valence-electron chi connectivity index (χ4n) is 2.33. The quantitative estimate of drug-likeness (QED) is 0.808. The highest BCUT2D eigenvalue weighted by Crippen LogP contribution is 2.33. The summed E-state index contributed by atoms with van der Waals surface area (Å²) < 4.78 is 15.7. The van der Waals surface area contributed by atoms with E-state index in [0.29, 0.717) is 30.8 Å². The number of nitrogens with two attached hydrogens (primary N) is 1. The van der Waals surface area contributed by atoms with Crippen LogP contribution in [0.1, 0.15) is 76.0 Å². The number of hydrogen-bond acceptors (Lipinski definition) is 2. The molecule has 0 saturated carbocycles. The average Bonchev–Trinajstić information content (AvgIpc) is 2.42. The van der Waals surface area contributed by atoms with E-state index < -0.39 is 11.0 Å². The van der Waals surface area contributed by atoms with E-state index in [1.54, 1.807) is 0 Å². The standard InChI is InChI=1S/C17H30N2OS/c1-11(2)14-9-15(12(3)4)17(16(10-14)13(5)6)21(20)19-8-7-18/h9-13,19H,7-8,18H2,1-6H3. The second kappa shape index (κ2) is 8.06. The minimum absolute atomic E-state index is 0.347. The van der Waals surface area contributed by atoms with Crippen LogP contribution in [0, 0.1) is 0 Å². The zero-order valence-corrected chi connectivity index (χ0v) is 15.0. The summed E-state index contributed by atoms with van der Waals surface area (Å²) in [5, 5.41) is 0. The number of hydrogen-bond donors (Lipinski definition) is 2. The van der Waals surface area contributed by atoms with Crippen molar-refractivity contribution in [3.05, 3.63) is 28.8 Å². The highest BCUT2D eigenvalue weighted by Gasteiger charge is 2.21. The van der Waals surface area contributed by atoms with Crippen molar-refractivity contribution in [3.63, 3.8) is 0 Å². The van der Waals surface area contributed by atoms with Gasteiger partial charge in [-0.15, -0.1) is 0 Å². The van der Waals surface area contributed by atoms with Crippen LogP contribution in [0.2, 0.25) is 0 Å². The van der Waals surface area contributed by atoms with E-state index >= 15 is 0 Å². The topological polar surface area (TPSA) is 55.1 Å². The zero-order valence-electron chi connectivity index (χ0n) is 14.2. The first kappa shape index (κ1) is 18.3. The Labute approximate surface area is 132 Å². The molecule has 0 aromatic heterocycles. The van der Waals surface area contributed by atoms with Gasteiger partial charge in [-0.05, 0) is 34.4 Å². The summed E-state index contributed by atoms with van der Waals surface area (Å²) in [6.45, 7) is 14.1. The van der Waals surface area contributed by atoms with Crippen molar-refractivity contribution in [1.82, 2.24) is 4.72 Å². The first-order chi connectivity index (χ1) is 9.79. The van der Waals surface area contributed by atoms with Crippen LogP contribution in [0.5, 0.6) is 0 Å². The molecule has 0 aliphatic rings. The Morgan fingerprint density at radius 1 is 1.00 bits per heavy atom. The lowest BCUT2D eigenvalue weighted by atomic mass is 9.89. The maximum absolute atomic E-state index is 12.7. The summed E-state index contributed by atoms with van der Waals surface area (Å²) in [5.74, 6) is 1.17. The molecule has 1 atom stereocenters. The van der Waals surface area contributed by atoms with Gasteiger partial charge in [0.05, 0.1) is 4.90 Å². The first-order valence-electron chi connectivity index (χ1n) is 7.82. The van der Waals surface area contributed by atoms with E-state index in [0.717, 1.165) is 4.90 Å². The number of benzene rings is 1. The highest BCUT2D eigenvalue weighted by molar-refractivity contribution is 7.83. The summed E-state index contributed by atoms with van der Waals surface area (Å²) in [7, 11) is -1.20. The minimum atomic E-state index is -1.20. The van der Waals surface area contributed by atoms with Crippen LogP contribution in [0.4, 0.5) is 0 Å². The first-order valence-corrected chi connectivity index (χ1v) is 8.97. The van der Waals surface area contributed by atoms with Crippen LogP contribution in [-0.2, 0) is 11.0 Å². The van der Waals surface area contributed by atoms with Crippen molar-refractivity contribution in [2.24, 2.45) is 5.73 Å². The van der Waals surface area contributed by atoms with Crippen LogP contribution < -0.4 is 10.5 Å². The monoisotopic (exact) mass is 310 g/mol. The van der Waals surface area contributed by atoms with E-state index in [4.69, 9.17) is 5.73 Å². The minimum Gasteiger partial charge on any atom is -0.329 e. The van der Waals surface area contributed by atoms with Gasteiger partial charge in [-0.1, -0.05) is 53.7 Å². The van der Waals surface area contributed by atoms with Crippen molar-refractivity contribution < 1.29 is 4.21 Å². The number of nitrogens with one attached hydrogen (secondary N) is 1. The predicted octanol–water partition coefficient (Wildman–Crippen LogP) is 3.63. The maximum Gasteiger partial charge on any atom is 0.125 e. The summed E-state index contributed by atoms with van der Waals surface area (Å²) in [5.41, 5.74) is 9.21. The molecule has 21 heavy (non-hydrogen) atoms. The largest absolute Gasteiger partial charge is 0.329 e. The zero-order chi connectivity index (χ0) is 16.2. The summed E-state index contributed by atoms with van der Waals surface area (Å²) in [4.78, 5) is 0.956. The summed E-state index contributed by atoms with van der Waals surface area (Å²) in [6, 6.07) is 4.44. The van der Waals surface area contributed by atoms with E-state index in [-0.39, 0.29) is 0 Å². The fourth-order valence-corrected chi connectivity index (χ4v) is 3.79. The molecule has 0 aliphatic carbocycles. The molecular weight excluding hydrogens is 280 g/mol. The molecule has 3 nitrogen and oxygen atoms in total. The van der Waals surface area contributed by atoms with Gasteiger partial charge in [0, 0.05) is 13.1 Å². The molecule has 0 aliphatic heterocycles. The Bertz CT molecular complexity index is 467. The molecule has 1 aromatic carbocycles. The van der Waals surface area contributed by atoms with Gasteiger partial charge in [-0.25, -0.2) is 8.93 Å². The van der Waals surface area contributed by atoms with Gasteiger partial charge < -0.3 is 5.73 Å². The lowest BCUT2D eigenvalue weighted by Crippen LogP contribution is -2.26. The molecule has 0 amide bonds. The van der Waals surface area contributed by atoms with Gasteiger partial charge in [-0.3, -0.25) is 0 Å². The van der Waals surface area contributed by atoms with Crippen molar-refractivity contribution in [3.8, 4) is 0 Å². The normalized spacial score (nSPS) is 13.4. The van der Waals surface area contributed by atoms with E-state index in [1.165, 1.54) is 16.7 Å². The van der Waals surface area contributed by atoms with Gasteiger partial charge in [0.2, 0.25) is 0 Å². The Balaban J connectivity index is 3.46. The van der Waals surface area contributed by atoms with Crippen molar-refractivity contribution in [2.45, 2.75) is 64.2 Å². The van der Waals surface area contributed by atoms with Gasteiger partial charge in [0.1, 0.15) is 11.0 Å². The van der Waals surface area contributed by atoms with E-state index in [9.17, 15) is 4.21 Å². The van der Waals surface area contributed by atoms with Crippen molar-refractivity contribution in [1.29, 1.82) is 0 Å². The lowest BCUT2D eigenvalue weighted by Gasteiger charge is -2.22. The third kappa shape index (κ3) is 4.63. The summed E-state index contributed by atoms with van der Waals surface area (Å²) in [6.07, 6.45) is 0. The second-order valence-corrected chi connectivity index (χ2v) is 7.68. The Morgan fingerprint density at radius 2 is 1.48 bits per heavy atom. The maximum atomic E-state index is 12.7. The van der Waals surface area contributed by atoms with Crippen molar-refractivity contribution in [2.75, 3.05) is 13.1 Å². The summed E-state index contributed by atoms with van der Waals surface area (Å²) >= 11 is 0. The highest BCUT2D eigenvalue weighted by atomic mass is 32.2. The molecule has 1 aromatic rings. The lowest BCUT2D eigenvalue weighted by molar-refractivity contribution is 0.664. The second-order valence-electron chi connectivity index (χ2n) is 6.44. The molecule has 1 unspecified atom stereocenters. The van der Waals surface area contributed by atoms with E-state index in [1.807, 2.05) is 0 Å². The van der Waals surface area contributed by atoms with Crippen LogP contribution in [0.3, 0.4) is 0 Å². The van der Waals surface area contributed by atoms with Gasteiger partial charge in [0.25, 0.3) is 0 Å². The molecule has 0 saturated heterocycles. The Hall–Kier alpha value is -0.710. The van der Waals surface area contributed by atoms with Crippen molar-refractivity contribution >= 4 is 11.0 Å². The predicted molar refractivity (Wildman–Crippen MR) is 92.2 cm³/mol. The Morgan fingerprint density at radius 3 is 1.81 bits per heavy atom. The molecule has 0 heterocycles. The van der Waals surface area contributed by atoms with Gasteiger partial charge >= 0.3 is 0 Å². The Kier molecular flexibility index (Phi) is 7.04. The molecular formula is C17H30N2OS. The molecule has 120 valence electrons. The fraction of sp³-hybridized carbons (Fsp3) is 0.647. The van der Waals surface area contributed by atoms with Crippen LogP contribution >= 0.6 is 0 Å². The van der Waals surface area contributed by atoms with Gasteiger partial charge in [0.15, 0.2) is 0 Å². The van der Waals surface area contributed by atoms with Gasteiger partial charge in [-0.2, -0.15) is 0 Å². The SMILES string of the molecule is CC(C)c1cc(C(C)C)c(S(=O)NCCN)c(C(C)C)c1. The molecule has 0 radical (unpaired) electrons. The van der Waals surface area contributed by atoms with Crippen LogP contribution in [-0.4, -0.2) is 17.3 Å². The third-order valence-corrected chi connectivity index (χ3v) is 4.95. The molecule has 3 N–H and O–H groups in total. The third-order valence-electron chi connectivity index (χ3n) is 3.64. The van der Waals surface area contributed by atoms with Crippen LogP contribution in [0.25, 0.3) is 0 Å². The van der Waals surface area contributed by atoms with Crippen LogP contribution in [0.15, 0.2) is 17.0 Å². The molecule has 0 bridgehead atoms. The molecule has 0 fully saturated rings.